The Kier molecular flexibility index (Phi) is 2.47. The topological polar surface area (TPSA) is 72.8 Å². The molecule has 0 radical (unpaired) electrons. The van der Waals surface area contributed by atoms with Crippen LogP contribution in [0.15, 0.2) is 17.6 Å². The van der Waals surface area contributed by atoms with Crippen LogP contribution in [0.5, 0.6) is 0 Å². The highest BCUT2D eigenvalue weighted by atomic mass is 16.5. The molecule has 6 nitrogen and oxygen atoms in total. The van der Waals surface area contributed by atoms with Crippen LogP contribution in [0.3, 0.4) is 0 Å². The lowest BCUT2D eigenvalue weighted by Crippen LogP contribution is -2.12. The fourth-order valence-corrected chi connectivity index (χ4v) is 1.41. The van der Waals surface area contributed by atoms with E-state index in [0.717, 1.165) is 0 Å². The van der Waals surface area contributed by atoms with Crippen LogP contribution in [0, 0.1) is 0 Å². The van der Waals surface area contributed by atoms with Crippen LogP contribution >= 0.6 is 0 Å². The average molecular weight is 220 g/mol. The van der Waals surface area contributed by atoms with Gasteiger partial charge >= 0.3 is 0 Å². The zero-order valence-electron chi connectivity index (χ0n) is 9.15. The van der Waals surface area contributed by atoms with E-state index in [1.165, 1.54) is 10.9 Å². The molecule has 0 aliphatic carbocycles. The standard InChI is InChI=1S/C10H12N4O2/c1-4-16-6(2)8-12-9-7(10(15)13-8)5-11-14(9)3/h5H,2,4H2,1,3H3,(H,12,13,15). The molecule has 0 spiro atoms. The lowest BCUT2D eigenvalue weighted by Gasteiger charge is -2.05. The number of nitrogens with zero attached hydrogens (tertiary/aromatic N) is 3. The van der Waals surface area contributed by atoms with E-state index in [0.29, 0.717) is 29.2 Å². The van der Waals surface area contributed by atoms with Crippen LogP contribution in [0.2, 0.25) is 0 Å². The summed E-state index contributed by atoms with van der Waals surface area (Å²) in [6.45, 7) is 6.01. The van der Waals surface area contributed by atoms with E-state index in [1.54, 1.807) is 7.05 Å². The molecular weight excluding hydrogens is 208 g/mol. The summed E-state index contributed by atoms with van der Waals surface area (Å²) in [7, 11) is 1.72. The van der Waals surface area contributed by atoms with Crippen molar-refractivity contribution in [2.45, 2.75) is 6.92 Å². The highest BCUT2D eigenvalue weighted by molar-refractivity contribution is 5.74. The molecule has 2 aromatic heterocycles. The quantitative estimate of drug-likeness (QED) is 0.771. The first-order chi connectivity index (χ1) is 7.63. The number of aromatic amines is 1. The van der Waals surface area contributed by atoms with Crippen molar-refractivity contribution in [3.8, 4) is 0 Å². The lowest BCUT2D eigenvalue weighted by molar-refractivity contribution is 0.296. The minimum Gasteiger partial charge on any atom is -0.491 e. The van der Waals surface area contributed by atoms with Gasteiger partial charge in [-0.1, -0.05) is 6.58 Å². The van der Waals surface area contributed by atoms with E-state index >= 15 is 0 Å². The maximum absolute atomic E-state index is 11.7. The van der Waals surface area contributed by atoms with Crippen molar-refractivity contribution < 1.29 is 4.74 Å². The van der Waals surface area contributed by atoms with Crippen LogP contribution in [-0.4, -0.2) is 26.4 Å². The second kappa shape index (κ2) is 3.80. The van der Waals surface area contributed by atoms with Crippen molar-refractivity contribution in [2.24, 2.45) is 7.05 Å². The molecule has 0 aliphatic rings. The second-order valence-corrected chi connectivity index (χ2v) is 3.28. The van der Waals surface area contributed by atoms with Crippen molar-refractivity contribution in [3.05, 3.63) is 29.0 Å². The highest BCUT2D eigenvalue weighted by Gasteiger charge is 2.10. The minimum atomic E-state index is -0.242. The number of hydrogen-bond donors (Lipinski definition) is 1. The van der Waals surface area contributed by atoms with E-state index < -0.39 is 0 Å². The molecule has 0 bridgehead atoms. The summed E-state index contributed by atoms with van der Waals surface area (Å²) in [6.07, 6.45) is 1.48. The van der Waals surface area contributed by atoms with Gasteiger partial charge in [0.05, 0.1) is 12.8 Å². The molecule has 2 heterocycles. The van der Waals surface area contributed by atoms with Gasteiger partial charge in [0.2, 0.25) is 0 Å². The zero-order chi connectivity index (χ0) is 11.7. The molecule has 0 amide bonds. The van der Waals surface area contributed by atoms with E-state index in [1.807, 2.05) is 6.92 Å². The summed E-state index contributed by atoms with van der Waals surface area (Å²) in [5.74, 6) is 0.686. The van der Waals surface area contributed by atoms with E-state index in [4.69, 9.17) is 4.74 Å². The molecule has 6 heteroatoms. The number of fused-ring (bicyclic) bond motifs is 1. The number of aryl methyl sites for hydroxylation is 1. The fraction of sp³-hybridized carbons (Fsp3) is 0.300. The van der Waals surface area contributed by atoms with E-state index in [2.05, 4.69) is 21.6 Å². The number of rotatable bonds is 3. The van der Waals surface area contributed by atoms with Gasteiger partial charge in [-0.15, -0.1) is 0 Å². The van der Waals surface area contributed by atoms with Gasteiger partial charge < -0.3 is 9.72 Å². The minimum absolute atomic E-state index is 0.242. The number of nitrogens with one attached hydrogen (secondary N) is 1. The first-order valence-electron chi connectivity index (χ1n) is 4.87. The van der Waals surface area contributed by atoms with Gasteiger partial charge in [0.1, 0.15) is 5.39 Å². The molecule has 0 atom stereocenters. The maximum atomic E-state index is 11.7. The van der Waals surface area contributed by atoms with Crippen molar-refractivity contribution in [1.82, 2.24) is 19.7 Å². The highest BCUT2D eigenvalue weighted by Crippen LogP contribution is 2.10. The first kappa shape index (κ1) is 10.4. The van der Waals surface area contributed by atoms with Crippen LogP contribution in [0.4, 0.5) is 0 Å². The SMILES string of the molecule is C=C(OCC)c1nc2c(cnn2C)c(=O)[nH]1. The molecule has 0 unspecified atom stereocenters. The average Bonchev–Trinajstić information content (AvgIpc) is 2.61. The molecule has 0 saturated carbocycles. The summed E-state index contributed by atoms with van der Waals surface area (Å²) in [6, 6.07) is 0. The van der Waals surface area contributed by atoms with Gasteiger partial charge in [0.25, 0.3) is 5.56 Å². The van der Waals surface area contributed by atoms with Gasteiger partial charge in [-0.2, -0.15) is 5.10 Å². The maximum Gasteiger partial charge on any atom is 0.262 e. The molecule has 2 aromatic rings. The molecule has 0 saturated heterocycles. The monoisotopic (exact) mass is 220 g/mol. The summed E-state index contributed by atoms with van der Waals surface area (Å²) >= 11 is 0. The number of hydrogen-bond acceptors (Lipinski definition) is 4. The predicted octanol–water partition coefficient (Wildman–Crippen LogP) is 0.664. The Labute approximate surface area is 91.6 Å². The Morgan fingerprint density at radius 3 is 3.12 bits per heavy atom. The van der Waals surface area contributed by atoms with Crippen LogP contribution in [0.25, 0.3) is 16.8 Å². The molecule has 84 valence electrons. The molecule has 2 rings (SSSR count). The van der Waals surface area contributed by atoms with Crippen LogP contribution in [-0.2, 0) is 11.8 Å². The summed E-state index contributed by atoms with van der Waals surface area (Å²) in [5.41, 5.74) is 0.272. The Morgan fingerprint density at radius 1 is 1.69 bits per heavy atom. The predicted molar refractivity (Wildman–Crippen MR) is 59.8 cm³/mol. The van der Waals surface area contributed by atoms with Crippen molar-refractivity contribution in [1.29, 1.82) is 0 Å². The molecule has 0 aromatic carbocycles. The van der Waals surface area contributed by atoms with Crippen molar-refractivity contribution in [2.75, 3.05) is 6.61 Å². The molecule has 1 N–H and O–H groups in total. The third-order valence-corrected chi connectivity index (χ3v) is 2.18. The Hall–Kier alpha value is -2.11. The largest absolute Gasteiger partial charge is 0.491 e. The lowest BCUT2D eigenvalue weighted by atomic mass is 10.4. The fourth-order valence-electron chi connectivity index (χ4n) is 1.41. The van der Waals surface area contributed by atoms with E-state index in [9.17, 15) is 4.79 Å². The molecular formula is C10H12N4O2. The Morgan fingerprint density at radius 2 is 2.44 bits per heavy atom. The number of ether oxygens (including phenoxy) is 1. The number of aromatic nitrogens is 4. The summed E-state index contributed by atoms with van der Waals surface area (Å²) < 4.78 is 6.73. The van der Waals surface area contributed by atoms with Crippen LogP contribution < -0.4 is 5.56 Å². The third kappa shape index (κ3) is 1.58. The number of H-pyrrole nitrogens is 1. The summed E-state index contributed by atoms with van der Waals surface area (Å²) in [4.78, 5) is 18.5. The zero-order valence-corrected chi connectivity index (χ0v) is 9.15. The molecule has 0 aliphatic heterocycles. The Balaban J connectivity index is 2.61. The Bertz CT molecular complexity index is 596. The summed E-state index contributed by atoms with van der Waals surface area (Å²) in [5, 5.41) is 4.42. The smallest absolute Gasteiger partial charge is 0.262 e. The molecule has 0 fully saturated rings. The van der Waals surface area contributed by atoms with E-state index in [-0.39, 0.29) is 5.56 Å². The van der Waals surface area contributed by atoms with Crippen molar-refractivity contribution >= 4 is 16.8 Å². The van der Waals surface area contributed by atoms with Gasteiger partial charge in [-0.3, -0.25) is 9.48 Å². The van der Waals surface area contributed by atoms with Crippen molar-refractivity contribution in [3.63, 3.8) is 0 Å². The molecule has 16 heavy (non-hydrogen) atoms. The van der Waals surface area contributed by atoms with Gasteiger partial charge in [-0.05, 0) is 6.92 Å². The normalized spacial score (nSPS) is 10.6. The van der Waals surface area contributed by atoms with Gasteiger partial charge in [0, 0.05) is 7.05 Å². The van der Waals surface area contributed by atoms with Gasteiger partial charge in [-0.25, -0.2) is 4.98 Å². The third-order valence-electron chi connectivity index (χ3n) is 2.18. The first-order valence-corrected chi connectivity index (χ1v) is 4.87. The van der Waals surface area contributed by atoms with Gasteiger partial charge in [0.15, 0.2) is 17.2 Å². The second-order valence-electron chi connectivity index (χ2n) is 3.28. The van der Waals surface area contributed by atoms with Crippen LogP contribution in [0.1, 0.15) is 12.7 Å².